The molecule has 0 fully saturated rings. The zero-order chi connectivity index (χ0) is 15.5. The lowest BCUT2D eigenvalue weighted by atomic mass is 10.4. The van der Waals surface area contributed by atoms with Crippen LogP contribution in [0.1, 0.15) is 0 Å². The molecule has 1 N–H and O–H groups in total. The van der Waals surface area contributed by atoms with E-state index in [2.05, 4.69) is 0 Å². The van der Waals surface area contributed by atoms with Crippen LogP contribution in [0, 0.1) is 0 Å². The molecule has 0 aromatic heterocycles. The van der Waals surface area contributed by atoms with E-state index in [0.29, 0.717) is 5.02 Å². The van der Waals surface area contributed by atoms with E-state index in [9.17, 15) is 17.9 Å². The molecule has 0 spiro atoms. The second-order valence-electron chi connectivity index (χ2n) is 4.19. The van der Waals surface area contributed by atoms with Gasteiger partial charge in [-0.25, -0.2) is 0 Å². The zero-order valence-electron chi connectivity index (χ0n) is 10.7. The monoisotopic (exact) mass is 346 g/mol. The van der Waals surface area contributed by atoms with Crippen LogP contribution in [0.2, 0.25) is 5.02 Å². The number of hydrogen-bond donors (Lipinski definition) is 1. The summed E-state index contributed by atoms with van der Waals surface area (Å²) in [5.41, 5.74) is 0. The molecule has 8 heteroatoms. The lowest BCUT2D eigenvalue weighted by Crippen LogP contribution is -2.13. The molecule has 1 atom stereocenters. The maximum atomic E-state index is 12.1. The molecule has 0 saturated heterocycles. The van der Waals surface area contributed by atoms with Crippen molar-refractivity contribution in [3.05, 3.63) is 59.6 Å². The third-order valence-corrected chi connectivity index (χ3v) is 5.93. The van der Waals surface area contributed by atoms with Crippen LogP contribution in [0.15, 0.2) is 59.5 Å². The van der Waals surface area contributed by atoms with Crippen LogP contribution in [0.4, 0.5) is 0 Å². The highest BCUT2D eigenvalue weighted by atomic mass is 35.5. The van der Waals surface area contributed by atoms with Gasteiger partial charge in [0.25, 0.3) is 17.5 Å². The van der Waals surface area contributed by atoms with Gasteiger partial charge in [-0.1, -0.05) is 29.8 Å². The summed E-state index contributed by atoms with van der Waals surface area (Å²) >= 11 is 5.67. The van der Waals surface area contributed by atoms with Crippen molar-refractivity contribution in [1.82, 2.24) is 0 Å². The second kappa shape index (κ2) is 6.30. The normalized spacial score (nSPS) is 14.6. The van der Waals surface area contributed by atoms with Gasteiger partial charge in [0.2, 0.25) is 0 Å². The summed E-state index contributed by atoms with van der Waals surface area (Å²) in [6.07, 6.45) is -0.817. The smallest absolute Gasteiger partial charge is 0.297 e. The van der Waals surface area contributed by atoms with Crippen LogP contribution in [0.3, 0.4) is 0 Å². The quantitative estimate of drug-likeness (QED) is 0.665. The summed E-state index contributed by atoms with van der Waals surface area (Å²) in [5.74, 6) is 0. The lowest BCUT2D eigenvalue weighted by molar-refractivity contribution is 0.350. The van der Waals surface area contributed by atoms with Crippen LogP contribution >= 0.6 is 19.0 Å². The minimum Gasteiger partial charge on any atom is -0.339 e. The number of halogens is 1. The van der Waals surface area contributed by atoms with Crippen LogP contribution in [0.25, 0.3) is 0 Å². The minimum atomic E-state index is -4.11. The SMILES string of the molecule is O=P(O)(COS(=O)(=O)c1ccc(Cl)cc1)c1ccccc1. The van der Waals surface area contributed by atoms with Crippen molar-refractivity contribution in [2.75, 3.05) is 6.35 Å². The Labute approximate surface area is 127 Å². The van der Waals surface area contributed by atoms with Crippen LogP contribution < -0.4 is 5.30 Å². The van der Waals surface area contributed by atoms with Crippen LogP contribution in [0.5, 0.6) is 0 Å². The van der Waals surface area contributed by atoms with Gasteiger partial charge in [-0.3, -0.25) is 8.75 Å². The summed E-state index contributed by atoms with van der Waals surface area (Å²) in [7, 11) is -8.01. The van der Waals surface area contributed by atoms with E-state index in [0.717, 1.165) is 0 Å². The molecule has 0 aliphatic heterocycles. The van der Waals surface area contributed by atoms with Crippen molar-refractivity contribution in [3.8, 4) is 0 Å². The average molecular weight is 347 g/mol. The van der Waals surface area contributed by atoms with E-state index in [4.69, 9.17) is 15.8 Å². The number of rotatable bonds is 5. The fourth-order valence-corrected chi connectivity index (χ4v) is 4.19. The van der Waals surface area contributed by atoms with Gasteiger partial charge >= 0.3 is 0 Å². The van der Waals surface area contributed by atoms with Gasteiger partial charge in [0.1, 0.15) is 6.35 Å². The van der Waals surface area contributed by atoms with Gasteiger partial charge in [-0.05, 0) is 36.4 Å². The molecular formula is C13H12ClO5PS. The molecular weight excluding hydrogens is 335 g/mol. The Kier molecular flexibility index (Phi) is 4.86. The third kappa shape index (κ3) is 4.15. The standard InChI is InChI=1S/C13H12ClO5PS/c14-11-6-8-13(9-7-11)21(17,18)19-10-20(15,16)12-4-2-1-3-5-12/h1-9H,10H2,(H,15,16). The highest BCUT2D eigenvalue weighted by Crippen LogP contribution is 2.39. The predicted octanol–water partition coefficient (Wildman–Crippen LogP) is 2.60. The van der Waals surface area contributed by atoms with Crippen molar-refractivity contribution < 1.29 is 22.1 Å². The summed E-state index contributed by atoms with van der Waals surface area (Å²) in [6, 6.07) is 13.1. The van der Waals surface area contributed by atoms with Gasteiger partial charge in [0.15, 0.2) is 0 Å². The fraction of sp³-hybridized carbons (Fsp3) is 0.0769. The van der Waals surface area contributed by atoms with E-state index in [-0.39, 0.29) is 10.2 Å². The molecule has 0 radical (unpaired) electrons. The summed E-state index contributed by atoms with van der Waals surface area (Å²) in [4.78, 5) is 9.76. The van der Waals surface area contributed by atoms with E-state index < -0.39 is 23.8 Å². The first-order valence-corrected chi connectivity index (χ1v) is 9.47. The Morgan fingerprint density at radius 3 is 2.19 bits per heavy atom. The Hall–Kier alpha value is -1.17. The van der Waals surface area contributed by atoms with Crippen molar-refractivity contribution in [2.24, 2.45) is 0 Å². The Bertz CT molecular complexity index is 759. The fourth-order valence-electron chi connectivity index (χ4n) is 1.55. The zero-order valence-corrected chi connectivity index (χ0v) is 13.2. The second-order valence-corrected chi connectivity index (χ2v) is 8.42. The topological polar surface area (TPSA) is 80.7 Å². The minimum absolute atomic E-state index is 0.125. The Balaban J connectivity index is 2.15. The molecule has 2 aromatic rings. The molecule has 1 unspecified atom stereocenters. The summed E-state index contributed by atoms with van der Waals surface area (Å²) in [5, 5.41) is 0.516. The highest BCUT2D eigenvalue weighted by molar-refractivity contribution is 7.87. The molecule has 2 rings (SSSR count). The van der Waals surface area contributed by atoms with Gasteiger partial charge in [-0.2, -0.15) is 8.42 Å². The van der Waals surface area contributed by atoms with Gasteiger partial charge in [0, 0.05) is 10.3 Å². The molecule has 5 nitrogen and oxygen atoms in total. The van der Waals surface area contributed by atoms with Crippen LogP contribution in [-0.4, -0.2) is 19.7 Å². The molecule has 0 bridgehead atoms. The summed E-state index contributed by atoms with van der Waals surface area (Å²) < 4.78 is 40.6. The van der Waals surface area contributed by atoms with Gasteiger partial charge in [-0.15, -0.1) is 0 Å². The Morgan fingerprint density at radius 1 is 1.05 bits per heavy atom. The van der Waals surface area contributed by atoms with Crippen molar-refractivity contribution in [1.29, 1.82) is 0 Å². The molecule has 21 heavy (non-hydrogen) atoms. The molecule has 0 aliphatic carbocycles. The number of benzene rings is 2. The lowest BCUT2D eigenvalue weighted by Gasteiger charge is -2.12. The highest BCUT2D eigenvalue weighted by Gasteiger charge is 2.26. The first-order valence-electron chi connectivity index (χ1n) is 5.84. The van der Waals surface area contributed by atoms with Gasteiger partial charge in [0.05, 0.1) is 4.90 Å². The summed E-state index contributed by atoms with van der Waals surface area (Å²) in [6.45, 7) is 0. The average Bonchev–Trinajstić information content (AvgIpc) is 2.47. The van der Waals surface area contributed by atoms with Crippen molar-refractivity contribution in [2.45, 2.75) is 4.90 Å². The largest absolute Gasteiger partial charge is 0.339 e. The van der Waals surface area contributed by atoms with Crippen molar-refractivity contribution >= 4 is 34.4 Å². The number of hydrogen-bond acceptors (Lipinski definition) is 4. The maximum absolute atomic E-state index is 12.1. The van der Waals surface area contributed by atoms with E-state index in [1.54, 1.807) is 18.2 Å². The van der Waals surface area contributed by atoms with E-state index in [1.165, 1.54) is 36.4 Å². The molecule has 112 valence electrons. The third-order valence-electron chi connectivity index (χ3n) is 2.64. The molecule has 2 aromatic carbocycles. The predicted molar refractivity (Wildman–Crippen MR) is 80.5 cm³/mol. The molecule has 0 aliphatic rings. The van der Waals surface area contributed by atoms with Crippen LogP contribution in [-0.2, 0) is 18.9 Å². The van der Waals surface area contributed by atoms with Crippen molar-refractivity contribution in [3.63, 3.8) is 0 Å². The molecule has 0 heterocycles. The maximum Gasteiger partial charge on any atom is 0.297 e. The Morgan fingerprint density at radius 2 is 1.62 bits per heavy atom. The molecule has 0 saturated carbocycles. The molecule has 0 amide bonds. The first kappa shape index (κ1) is 16.2. The first-order chi connectivity index (χ1) is 9.81. The van der Waals surface area contributed by atoms with E-state index in [1.807, 2.05) is 0 Å². The van der Waals surface area contributed by atoms with Gasteiger partial charge < -0.3 is 4.89 Å². The van der Waals surface area contributed by atoms with E-state index >= 15 is 0 Å².